The van der Waals surface area contributed by atoms with Crippen molar-refractivity contribution in [1.29, 1.82) is 5.26 Å². The summed E-state index contributed by atoms with van der Waals surface area (Å²) < 4.78 is 4.67. The van der Waals surface area contributed by atoms with Crippen molar-refractivity contribution in [2.45, 2.75) is 31.7 Å². The number of hydrogen-bond acceptors (Lipinski definition) is 4. The minimum atomic E-state index is 0.149. The Morgan fingerprint density at radius 2 is 2.08 bits per heavy atom. The van der Waals surface area contributed by atoms with Crippen LogP contribution in [0.4, 0.5) is 0 Å². The summed E-state index contributed by atoms with van der Waals surface area (Å²) in [5.41, 5.74) is 0. The summed E-state index contributed by atoms with van der Waals surface area (Å²) in [5.74, 6) is 0.456. The van der Waals surface area contributed by atoms with E-state index in [4.69, 9.17) is 5.26 Å². The van der Waals surface area contributed by atoms with Gasteiger partial charge in [-0.15, -0.1) is 0 Å². The van der Waals surface area contributed by atoms with E-state index in [1.807, 2.05) is 0 Å². The molecule has 0 bridgehead atoms. The van der Waals surface area contributed by atoms with E-state index in [0.717, 1.165) is 25.7 Å². The maximum Gasteiger partial charge on any atom is 0.286 e. The van der Waals surface area contributed by atoms with E-state index in [2.05, 4.69) is 9.73 Å². The van der Waals surface area contributed by atoms with Crippen LogP contribution in [0.1, 0.15) is 25.7 Å². The lowest BCUT2D eigenvalue weighted by atomic mass is 9.87. The normalized spacial score (nSPS) is 27.0. The molecule has 0 aromatic rings. The molecule has 0 atom stereocenters. The summed E-state index contributed by atoms with van der Waals surface area (Å²) in [6.07, 6.45) is 7.04. The van der Waals surface area contributed by atoms with Gasteiger partial charge in [-0.3, -0.25) is 0 Å². The third-order valence-corrected chi connectivity index (χ3v) is 2.44. The Hall–Kier alpha value is -1.33. The summed E-state index contributed by atoms with van der Waals surface area (Å²) in [5, 5.41) is 8.19. The standard InChI is InChI=1S/C9H12N2O2/c10-6-13-5-8-1-3-9(4-2-8)11-7-12/h8-9H,1-5H2. The van der Waals surface area contributed by atoms with Crippen LogP contribution < -0.4 is 0 Å². The molecule has 0 unspecified atom stereocenters. The molecular weight excluding hydrogens is 168 g/mol. The van der Waals surface area contributed by atoms with Crippen LogP contribution in [0.15, 0.2) is 4.99 Å². The van der Waals surface area contributed by atoms with Crippen LogP contribution in [0, 0.1) is 17.4 Å². The quantitative estimate of drug-likeness (QED) is 0.374. The van der Waals surface area contributed by atoms with Crippen LogP contribution in [0.5, 0.6) is 0 Å². The Morgan fingerprint density at radius 3 is 2.62 bits per heavy atom. The molecule has 1 rings (SSSR count). The van der Waals surface area contributed by atoms with Crippen molar-refractivity contribution in [2.24, 2.45) is 10.9 Å². The molecule has 0 radical (unpaired) electrons. The largest absolute Gasteiger partial charge is 0.427 e. The van der Waals surface area contributed by atoms with Crippen molar-refractivity contribution < 1.29 is 9.53 Å². The highest BCUT2D eigenvalue weighted by Crippen LogP contribution is 2.25. The first-order valence-electron chi connectivity index (χ1n) is 4.44. The predicted molar refractivity (Wildman–Crippen MR) is 45.4 cm³/mol. The van der Waals surface area contributed by atoms with Gasteiger partial charge in [0.15, 0.2) is 0 Å². The van der Waals surface area contributed by atoms with Crippen LogP contribution in [-0.2, 0) is 9.53 Å². The van der Waals surface area contributed by atoms with Crippen molar-refractivity contribution in [3.63, 3.8) is 0 Å². The fraction of sp³-hybridized carbons (Fsp3) is 0.778. The van der Waals surface area contributed by atoms with Crippen LogP contribution in [0.3, 0.4) is 0 Å². The van der Waals surface area contributed by atoms with Crippen LogP contribution >= 0.6 is 0 Å². The van der Waals surface area contributed by atoms with Gasteiger partial charge in [-0.25, -0.2) is 9.79 Å². The number of nitrogens with zero attached hydrogens (tertiary/aromatic N) is 2. The van der Waals surface area contributed by atoms with Crippen molar-refractivity contribution in [3.8, 4) is 6.26 Å². The Morgan fingerprint density at radius 1 is 1.38 bits per heavy atom. The zero-order valence-electron chi connectivity index (χ0n) is 7.40. The zero-order valence-corrected chi connectivity index (χ0v) is 7.40. The lowest BCUT2D eigenvalue weighted by Gasteiger charge is -2.23. The Labute approximate surface area is 77.2 Å². The summed E-state index contributed by atoms with van der Waals surface area (Å²) in [6.45, 7) is 0.508. The van der Waals surface area contributed by atoms with Crippen molar-refractivity contribution >= 4 is 6.08 Å². The van der Waals surface area contributed by atoms with E-state index < -0.39 is 0 Å². The maximum absolute atomic E-state index is 9.97. The van der Waals surface area contributed by atoms with Gasteiger partial charge in [-0.1, -0.05) is 0 Å². The fourth-order valence-corrected chi connectivity index (χ4v) is 1.67. The highest BCUT2D eigenvalue weighted by molar-refractivity contribution is 5.33. The third-order valence-electron chi connectivity index (χ3n) is 2.44. The lowest BCUT2D eigenvalue weighted by molar-refractivity contribution is 0.173. The Bertz CT molecular complexity index is 232. The molecule has 0 aromatic carbocycles. The fourth-order valence-electron chi connectivity index (χ4n) is 1.67. The van der Waals surface area contributed by atoms with Gasteiger partial charge in [0, 0.05) is 0 Å². The SMILES string of the molecule is N#COCC1CCC(N=C=O)CC1. The Kier molecular flexibility index (Phi) is 4.01. The molecule has 4 nitrogen and oxygen atoms in total. The first-order chi connectivity index (χ1) is 6.36. The molecular formula is C9H12N2O2. The number of aliphatic imine (C=N–C) groups is 1. The van der Waals surface area contributed by atoms with Gasteiger partial charge < -0.3 is 4.74 Å². The molecule has 1 saturated carbocycles. The summed E-state index contributed by atoms with van der Waals surface area (Å²) in [6, 6.07) is 0.149. The number of nitriles is 1. The number of ether oxygens (including phenoxy) is 1. The summed E-state index contributed by atoms with van der Waals surface area (Å²) in [7, 11) is 0. The topological polar surface area (TPSA) is 62.4 Å². The van der Waals surface area contributed by atoms with Gasteiger partial charge in [0.05, 0.1) is 6.04 Å². The second-order valence-electron chi connectivity index (χ2n) is 3.30. The molecule has 0 spiro atoms. The van der Waals surface area contributed by atoms with Gasteiger partial charge in [-0.05, 0) is 31.6 Å². The van der Waals surface area contributed by atoms with E-state index in [1.54, 1.807) is 12.3 Å². The number of isocyanates is 1. The Balaban J connectivity index is 2.23. The zero-order chi connectivity index (χ0) is 9.52. The van der Waals surface area contributed by atoms with Gasteiger partial charge in [0.1, 0.15) is 6.61 Å². The van der Waals surface area contributed by atoms with E-state index in [0.29, 0.717) is 12.5 Å². The summed E-state index contributed by atoms with van der Waals surface area (Å²) in [4.78, 5) is 13.7. The molecule has 13 heavy (non-hydrogen) atoms. The molecule has 0 aliphatic heterocycles. The first-order valence-corrected chi connectivity index (χ1v) is 4.44. The minimum Gasteiger partial charge on any atom is -0.427 e. The highest BCUT2D eigenvalue weighted by Gasteiger charge is 2.20. The molecule has 1 fully saturated rings. The molecule has 0 saturated heterocycles. The monoisotopic (exact) mass is 180 g/mol. The van der Waals surface area contributed by atoms with E-state index >= 15 is 0 Å². The van der Waals surface area contributed by atoms with E-state index in [-0.39, 0.29) is 6.04 Å². The average molecular weight is 180 g/mol. The lowest BCUT2D eigenvalue weighted by Crippen LogP contribution is -2.20. The number of carbonyl (C=O) groups excluding carboxylic acids is 1. The molecule has 0 N–H and O–H groups in total. The molecule has 4 heteroatoms. The first kappa shape index (κ1) is 9.76. The maximum atomic E-state index is 9.97. The van der Waals surface area contributed by atoms with Gasteiger partial charge in [0.25, 0.3) is 6.26 Å². The molecule has 1 aliphatic carbocycles. The predicted octanol–water partition coefficient (Wildman–Crippen LogP) is 1.38. The second kappa shape index (κ2) is 5.34. The van der Waals surface area contributed by atoms with Crippen molar-refractivity contribution in [2.75, 3.05) is 6.61 Å². The number of rotatable bonds is 3. The van der Waals surface area contributed by atoms with Crippen LogP contribution in [-0.4, -0.2) is 18.7 Å². The van der Waals surface area contributed by atoms with Gasteiger partial charge >= 0.3 is 0 Å². The van der Waals surface area contributed by atoms with Crippen molar-refractivity contribution in [3.05, 3.63) is 0 Å². The number of hydrogen-bond donors (Lipinski definition) is 0. The summed E-state index contributed by atoms with van der Waals surface area (Å²) >= 11 is 0. The van der Waals surface area contributed by atoms with Crippen molar-refractivity contribution in [1.82, 2.24) is 0 Å². The van der Waals surface area contributed by atoms with E-state index in [1.165, 1.54) is 0 Å². The molecule has 0 amide bonds. The van der Waals surface area contributed by atoms with Crippen LogP contribution in [0.2, 0.25) is 0 Å². The third kappa shape index (κ3) is 3.27. The van der Waals surface area contributed by atoms with Gasteiger partial charge in [-0.2, -0.15) is 5.26 Å². The minimum absolute atomic E-state index is 0.149. The van der Waals surface area contributed by atoms with Crippen LogP contribution in [0.25, 0.3) is 0 Å². The van der Waals surface area contributed by atoms with E-state index in [9.17, 15) is 4.79 Å². The highest BCUT2D eigenvalue weighted by atomic mass is 16.5. The average Bonchev–Trinajstić information content (AvgIpc) is 2.17. The molecule has 1 aliphatic rings. The smallest absolute Gasteiger partial charge is 0.286 e. The molecule has 0 aromatic heterocycles. The molecule has 0 heterocycles. The van der Waals surface area contributed by atoms with Gasteiger partial charge in [0.2, 0.25) is 6.08 Å². The second-order valence-corrected chi connectivity index (χ2v) is 3.30. The molecule has 70 valence electrons.